The topological polar surface area (TPSA) is 41.5 Å². The van der Waals surface area contributed by atoms with Crippen LogP contribution in [-0.2, 0) is 4.79 Å². The molecule has 1 unspecified atom stereocenters. The van der Waals surface area contributed by atoms with Gasteiger partial charge in [-0.05, 0) is 20.8 Å². The second-order valence-electron chi connectivity index (χ2n) is 3.90. The molecule has 0 fully saturated rings. The summed E-state index contributed by atoms with van der Waals surface area (Å²) in [7, 11) is 0. The lowest BCUT2D eigenvalue weighted by molar-refractivity contribution is -0.128. The lowest BCUT2D eigenvalue weighted by Gasteiger charge is -2.25. The molecule has 0 bridgehead atoms. The van der Waals surface area contributed by atoms with Crippen LogP contribution in [0.3, 0.4) is 0 Å². The van der Waals surface area contributed by atoms with Crippen LogP contribution in [0.5, 0.6) is 0 Å². The smallest absolute Gasteiger partial charge is 0.230 e. The van der Waals surface area contributed by atoms with E-state index >= 15 is 0 Å². The second kappa shape index (κ2) is 3.73. The van der Waals surface area contributed by atoms with Crippen molar-refractivity contribution in [2.75, 3.05) is 0 Å². The van der Waals surface area contributed by atoms with Gasteiger partial charge in [0.2, 0.25) is 5.91 Å². The Morgan fingerprint density at radius 3 is 2.77 bits per heavy atom. The van der Waals surface area contributed by atoms with Crippen molar-refractivity contribution in [3.63, 3.8) is 0 Å². The molecular formula is C10H16N2O. The minimum absolute atomic E-state index is 0.0740. The number of nitrogens with one attached hydrogen (secondary N) is 1. The molecule has 1 atom stereocenters. The van der Waals surface area contributed by atoms with Gasteiger partial charge < -0.3 is 5.32 Å². The van der Waals surface area contributed by atoms with Crippen LogP contribution in [0.1, 0.15) is 27.2 Å². The summed E-state index contributed by atoms with van der Waals surface area (Å²) in [6, 6.07) is 0.191. The number of nitrogens with zero attached hydrogens (tertiary/aromatic N) is 1. The zero-order chi connectivity index (χ0) is 9.90. The van der Waals surface area contributed by atoms with E-state index in [1.165, 1.54) is 0 Å². The molecule has 3 nitrogen and oxygen atoms in total. The van der Waals surface area contributed by atoms with Gasteiger partial charge in [-0.1, -0.05) is 6.08 Å². The van der Waals surface area contributed by atoms with Gasteiger partial charge in [0.25, 0.3) is 0 Å². The number of carbonyl (C=O) groups is 1. The van der Waals surface area contributed by atoms with Gasteiger partial charge in [-0.2, -0.15) is 0 Å². The molecule has 1 amide bonds. The normalized spacial score (nSPS) is 26.5. The fourth-order valence-electron chi connectivity index (χ4n) is 1.17. The van der Waals surface area contributed by atoms with Crippen molar-refractivity contribution in [2.24, 2.45) is 10.4 Å². The number of aliphatic imine (C=N–C) groups is 1. The third-order valence-electron chi connectivity index (χ3n) is 2.09. The summed E-state index contributed by atoms with van der Waals surface area (Å²) in [5.41, 5.74) is -0.411. The van der Waals surface area contributed by atoms with Crippen LogP contribution in [0.25, 0.3) is 0 Å². The first-order valence-electron chi connectivity index (χ1n) is 4.55. The van der Waals surface area contributed by atoms with Crippen molar-refractivity contribution in [1.29, 1.82) is 0 Å². The van der Waals surface area contributed by atoms with Crippen LogP contribution < -0.4 is 5.32 Å². The predicted molar refractivity (Wildman–Crippen MR) is 53.6 cm³/mol. The summed E-state index contributed by atoms with van der Waals surface area (Å²) in [5.74, 6) is 0.0740. The highest BCUT2D eigenvalue weighted by Gasteiger charge is 2.30. The number of amides is 1. The van der Waals surface area contributed by atoms with Crippen molar-refractivity contribution < 1.29 is 4.79 Å². The summed E-state index contributed by atoms with van der Waals surface area (Å²) < 4.78 is 0. The molecule has 1 aliphatic heterocycles. The standard InChI is InChI=1S/C10H16N2O/c1-8(2)12-9(13)10(3)4-6-11-7-5-10/h4,6-8H,5H2,1-3H3,(H,12,13). The summed E-state index contributed by atoms with van der Waals surface area (Å²) in [6.07, 6.45) is 6.00. The number of hydrogen-bond acceptors (Lipinski definition) is 2. The van der Waals surface area contributed by atoms with E-state index in [4.69, 9.17) is 0 Å². The molecule has 13 heavy (non-hydrogen) atoms. The Kier molecular flexibility index (Phi) is 2.86. The molecule has 1 N–H and O–H groups in total. The highest BCUT2D eigenvalue weighted by molar-refractivity contribution is 5.88. The molecule has 1 aliphatic rings. The monoisotopic (exact) mass is 180 g/mol. The molecule has 0 aromatic rings. The first kappa shape index (κ1) is 9.96. The summed E-state index contributed by atoms with van der Waals surface area (Å²) >= 11 is 0. The molecule has 1 heterocycles. The van der Waals surface area contributed by atoms with Crippen molar-refractivity contribution >= 4 is 12.1 Å². The lowest BCUT2D eigenvalue weighted by atomic mass is 9.85. The molecule has 0 spiro atoms. The van der Waals surface area contributed by atoms with Gasteiger partial charge in [-0.25, -0.2) is 0 Å². The molecule has 72 valence electrons. The zero-order valence-electron chi connectivity index (χ0n) is 8.37. The van der Waals surface area contributed by atoms with E-state index in [-0.39, 0.29) is 11.9 Å². The van der Waals surface area contributed by atoms with Gasteiger partial charge in [0, 0.05) is 24.9 Å². The average Bonchev–Trinajstić information content (AvgIpc) is 2.04. The Bertz CT molecular complexity index is 256. The van der Waals surface area contributed by atoms with Crippen LogP contribution in [0.15, 0.2) is 17.3 Å². The van der Waals surface area contributed by atoms with Crippen molar-refractivity contribution in [1.82, 2.24) is 5.32 Å². The maximum absolute atomic E-state index is 11.7. The minimum atomic E-state index is -0.411. The van der Waals surface area contributed by atoms with E-state index in [0.29, 0.717) is 6.42 Å². The Balaban J connectivity index is 2.64. The van der Waals surface area contributed by atoms with E-state index in [2.05, 4.69) is 10.3 Å². The van der Waals surface area contributed by atoms with Crippen LogP contribution >= 0.6 is 0 Å². The predicted octanol–water partition coefficient (Wildman–Crippen LogP) is 1.51. The van der Waals surface area contributed by atoms with E-state index in [0.717, 1.165) is 0 Å². The van der Waals surface area contributed by atoms with Gasteiger partial charge in [0.05, 0.1) is 5.41 Å². The molecule has 0 aromatic carbocycles. The fourth-order valence-corrected chi connectivity index (χ4v) is 1.17. The maximum Gasteiger partial charge on any atom is 0.230 e. The van der Waals surface area contributed by atoms with Crippen LogP contribution in [0.4, 0.5) is 0 Å². The molecule has 0 aliphatic carbocycles. The maximum atomic E-state index is 11.7. The quantitative estimate of drug-likeness (QED) is 0.687. The summed E-state index contributed by atoms with van der Waals surface area (Å²) in [5, 5.41) is 2.90. The van der Waals surface area contributed by atoms with Crippen molar-refractivity contribution in [3.8, 4) is 0 Å². The third-order valence-corrected chi connectivity index (χ3v) is 2.09. The summed E-state index contributed by atoms with van der Waals surface area (Å²) in [4.78, 5) is 15.7. The first-order chi connectivity index (χ1) is 6.04. The number of rotatable bonds is 2. The fraction of sp³-hybridized carbons (Fsp3) is 0.600. The highest BCUT2D eigenvalue weighted by atomic mass is 16.2. The second-order valence-corrected chi connectivity index (χ2v) is 3.90. The molecule has 0 saturated heterocycles. The Morgan fingerprint density at radius 2 is 2.31 bits per heavy atom. The van der Waals surface area contributed by atoms with E-state index in [9.17, 15) is 4.79 Å². The third kappa shape index (κ3) is 2.41. The van der Waals surface area contributed by atoms with E-state index in [1.807, 2.05) is 26.8 Å². The molecule has 0 aromatic heterocycles. The highest BCUT2D eigenvalue weighted by Crippen LogP contribution is 2.25. The molecular weight excluding hydrogens is 164 g/mol. The van der Waals surface area contributed by atoms with E-state index in [1.54, 1.807) is 12.4 Å². The van der Waals surface area contributed by atoms with Gasteiger partial charge in [0.1, 0.15) is 0 Å². The van der Waals surface area contributed by atoms with Gasteiger partial charge in [0.15, 0.2) is 0 Å². The van der Waals surface area contributed by atoms with Gasteiger partial charge in [-0.15, -0.1) is 0 Å². The lowest BCUT2D eigenvalue weighted by Crippen LogP contribution is -2.41. The first-order valence-corrected chi connectivity index (χ1v) is 4.55. The molecule has 0 radical (unpaired) electrons. The number of carbonyl (C=O) groups excluding carboxylic acids is 1. The van der Waals surface area contributed by atoms with Crippen LogP contribution in [-0.4, -0.2) is 18.2 Å². The van der Waals surface area contributed by atoms with Crippen molar-refractivity contribution in [3.05, 3.63) is 12.3 Å². The number of hydrogen-bond donors (Lipinski definition) is 1. The SMILES string of the molecule is CC(C)NC(=O)C1(C)C=CN=CC1. The van der Waals surface area contributed by atoms with Crippen LogP contribution in [0, 0.1) is 5.41 Å². The summed E-state index contributed by atoms with van der Waals surface area (Å²) in [6.45, 7) is 5.84. The molecule has 1 rings (SSSR count). The molecule has 0 saturated carbocycles. The Labute approximate surface area is 78.9 Å². The minimum Gasteiger partial charge on any atom is -0.353 e. The zero-order valence-corrected chi connectivity index (χ0v) is 8.37. The molecule has 3 heteroatoms. The Morgan fingerprint density at radius 1 is 1.62 bits per heavy atom. The van der Waals surface area contributed by atoms with Gasteiger partial charge in [-0.3, -0.25) is 9.79 Å². The average molecular weight is 180 g/mol. The van der Waals surface area contributed by atoms with Crippen LogP contribution in [0.2, 0.25) is 0 Å². The van der Waals surface area contributed by atoms with E-state index < -0.39 is 5.41 Å². The van der Waals surface area contributed by atoms with Crippen molar-refractivity contribution in [2.45, 2.75) is 33.2 Å². The van der Waals surface area contributed by atoms with Gasteiger partial charge >= 0.3 is 0 Å². The largest absolute Gasteiger partial charge is 0.353 e. The Hall–Kier alpha value is -1.12.